The summed E-state index contributed by atoms with van der Waals surface area (Å²) in [7, 11) is 0. The van der Waals surface area contributed by atoms with E-state index in [1.54, 1.807) is 0 Å². The van der Waals surface area contributed by atoms with E-state index in [-0.39, 0.29) is 25.7 Å². The van der Waals surface area contributed by atoms with Crippen LogP contribution in [0.5, 0.6) is 0 Å². The van der Waals surface area contributed by atoms with E-state index >= 15 is 0 Å². The first-order chi connectivity index (χ1) is 22.0. The SMILES string of the molecule is CC(=O)N[C@@H]1[C@@H](OC(C)C(=O)O)[C@H](OC(=O)[C@H](C)N)[C@@H](CO)O[C@@H]1O.NC(N)(CCCCC(=O)O)C(=O)O.N[C@H](CCC(=O)O)C(=O)O. The Morgan fingerprint density at radius 1 is 0.875 bits per heavy atom. The van der Waals surface area contributed by atoms with E-state index in [9.17, 15) is 43.8 Å². The first-order valence-electron chi connectivity index (χ1n) is 14.3. The summed E-state index contributed by atoms with van der Waals surface area (Å²) >= 11 is 0. The maximum Gasteiger partial charge on any atom is 0.338 e. The molecular weight excluding hydrogens is 654 g/mol. The fraction of sp³-hybridized carbons (Fsp3) is 0.731. The Morgan fingerprint density at radius 3 is 1.81 bits per heavy atom. The molecule has 0 aliphatic carbocycles. The van der Waals surface area contributed by atoms with E-state index < -0.39 is 103 Å². The van der Waals surface area contributed by atoms with Gasteiger partial charge in [-0.25, -0.2) is 9.59 Å². The molecule has 278 valence electrons. The number of carboxylic acid groups (broad SMARTS) is 5. The van der Waals surface area contributed by atoms with Gasteiger partial charge in [0.05, 0.1) is 6.61 Å². The minimum Gasteiger partial charge on any atom is -0.481 e. The van der Waals surface area contributed by atoms with Crippen LogP contribution in [0.1, 0.15) is 59.3 Å². The molecule has 1 rings (SSSR count). The van der Waals surface area contributed by atoms with Crippen LogP contribution in [-0.4, -0.2) is 139 Å². The molecule has 1 amide bonds. The Labute approximate surface area is 274 Å². The monoisotopic (exact) mass is 701 g/mol. The molecule has 1 saturated heterocycles. The highest BCUT2D eigenvalue weighted by Crippen LogP contribution is 2.26. The Balaban J connectivity index is 0. The number of nitrogens with one attached hydrogen (secondary N) is 1. The molecule has 0 spiro atoms. The third kappa shape index (κ3) is 19.0. The van der Waals surface area contributed by atoms with Crippen molar-refractivity contribution in [3.63, 3.8) is 0 Å². The van der Waals surface area contributed by atoms with Crippen molar-refractivity contribution in [2.45, 2.75) is 114 Å². The van der Waals surface area contributed by atoms with Crippen molar-refractivity contribution in [3.8, 4) is 0 Å². The van der Waals surface area contributed by atoms with Gasteiger partial charge < -0.3 is 78.2 Å². The Hall–Kier alpha value is -4.03. The Bertz CT molecular complexity index is 1090. The number of ether oxygens (including phenoxy) is 3. The molecule has 8 atom stereocenters. The molecule has 0 aromatic heterocycles. The van der Waals surface area contributed by atoms with Crippen molar-refractivity contribution in [3.05, 3.63) is 0 Å². The van der Waals surface area contributed by atoms with Gasteiger partial charge in [0, 0.05) is 19.8 Å². The van der Waals surface area contributed by atoms with E-state index in [2.05, 4.69) is 5.32 Å². The molecular formula is C26H47N5O17. The minimum absolute atomic E-state index is 0.00962. The quantitative estimate of drug-likeness (QED) is 0.0389. The van der Waals surface area contributed by atoms with Crippen LogP contribution in [0.2, 0.25) is 0 Å². The summed E-state index contributed by atoms with van der Waals surface area (Å²) in [5, 5.41) is 63.9. The Morgan fingerprint density at radius 2 is 1.42 bits per heavy atom. The smallest absolute Gasteiger partial charge is 0.338 e. The van der Waals surface area contributed by atoms with Crippen molar-refractivity contribution in [1.82, 2.24) is 5.32 Å². The second-order valence-corrected chi connectivity index (χ2v) is 10.6. The van der Waals surface area contributed by atoms with Gasteiger partial charge in [-0.3, -0.25) is 24.0 Å². The minimum atomic E-state index is -1.74. The zero-order valence-corrected chi connectivity index (χ0v) is 26.6. The Kier molecular flexibility index (Phi) is 21.6. The largest absolute Gasteiger partial charge is 0.481 e. The van der Waals surface area contributed by atoms with E-state index in [1.165, 1.54) is 20.8 Å². The van der Waals surface area contributed by atoms with Crippen LogP contribution in [-0.2, 0) is 47.8 Å². The highest BCUT2D eigenvalue weighted by Gasteiger charge is 2.49. The van der Waals surface area contributed by atoms with Crippen molar-refractivity contribution in [1.29, 1.82) is 0 Å². The van der Waals surface area contributed by atoms with Gasteiger partial charge in [0.25, 0.3) is 0 Å². The summed E-state index contributed by atoms with van der Waals surface area (Å²) in [5.74, 6) is -7.08. The number of carbonyl (C=O) groups is 7. The van der Waals surface area contributed by atoms with Crippen LogP contribution in [0, 0.1) is 0 Å². The van der Waals surface area contributed by atoms with Gasteiger partial charge in [-0.1, -0.05) is 0 Å². The fourth-order valence-electron chi connectivity index (χ4n) is 3.50. The average molecular weight is 702 g/mol. The van der Waals surface area contributed by atoms with Gasteiger partial charge in [-0.2, -0.15) is 0 Å². The number of hydrogen-bond donors (Lipinski definition) is 12. The summed E-state index contributed by atoms with van der Waals surface area (Å²) in [6.45, 7) is 3.12. The van der Waals surface area contributed by atoms with Crippen molar-refractivity contribution in [2.75, 3.05) is 6.61 Å². The molecule has 22 nitrogen and oxygen atoms in total. The van der Waals surface area contributed by atoms with Gasteiger partial charge in [-0.15, -0.1) is 0 Å². The van der Waals surface area contributed by atoms with Crippen LogP contribution in [0.15, 0.2) is 0 Å². The molecule has 1 aliphatic rings. The number of hydrogen-bond acceptors (Lipinski definition) is 16. The van der Waals surface area contributed by atoms with Crippen molar-refractivity contribution < 1.29 is 83.5 Å². The van der Waals surface area contributed by atoms with E-state index in [0.29, 0.717) is 12.8 Å². The number of aliphatic hydroxyl groups excluding tert-OH is 2. The molecule has 16 N–H and O–H groups in total. The molecule has 0 radical (unpaired) electrons. The zero-order chi connectivity index (χ0) is 37.9. The molecule has 0 saturated carbocycles. The summed E-state index contributed by atoms with van der Waals surface area (Å²) in [6.07, 6.45) is -6.11. The molecule has 1 fully saturated rings. The molecule has 48 heavy (non-hydrogen) atoms. The van der Waals surface area contributed by atoms with E-state index in [0.717, 1.165) is 0 Å². The van der Waals surface area contributed by atoms with Crippen LogP contribution < -0.4 is 28.3 Å². The number of carbonyl (C=O) groups excluding carboxylic acids is 2. The van der Waals surface area contributed by atoms with Gasteiger partial charge in [0.15, 0.2) is 24.2 Å². The standard InChI is InChI=1S/C14H24N2O9.C7H14N2O4.C5H9NO4/c1-5(15)13(21)25-10-8(4-17)24-14(22)9(16-7(3)18)11(10)23-6(2)12(19)20;8-7(9,6(12)13)4-2-1-3-5(10)11;6-3(5(9)10)1-2-4(7)8/h5-6,8-11,14,17,22H,4,15H2,1-3H3,(H,16,18)(H,19,20);1-4,8-9H2,(H,10,11)(H,12,13);3H,1-2,6H2,(H,7,8)(H,9,10)/t5-,6?,8+,9+,10+,11+,14-;;3-/m0.1/s1. The molecule has 1 aliphatic heterocycles. The lowest BCUT2D eigenvalue weighted by Gasteiger charge is -2.44. The molecule has 1 heterocycles. The van der Waals surface area contributed by atoms with Crippen LogP contribution in [0.4, 0.5) is 0 Å². The number of carboxylic acids is 5. The third-order valence-corrected chi connectivity index (χ3v) is 6.16. The lowest BCUT2D eigenvalue weighted by atomic mass is 9.96. The topological polar surface area (TPSA) is 405 Å². The predicted molar refractivity (Wildman–Crippen MR) is 158 cm³/mol. The van der Waals surface area contributed by atoms with E-state index in [1.807, 2.05) is 0 Å². The fourth-order valence-corrected chi connectivity index (χ4v) is 3.50. The number of amides is 1. The lowest BCUT2D eigenvalue weighted by Crippen LogP contribution is -2.66. The van der Waals surface area contributed by atoms with E-state index in [4.69, 9.17) is 62.7 Å². The first-order valence-corrected chi connectivity index (χ1v) is 14.3. The number of aliphatic carboxylic acids is 5. The normalized spacial score (nSPS) is 22.1. The summed E-state index contributed by atoms with van der Waals surface area (Å²) in [6, 6.07) is -3.29. The number of esters is 1. The highest BCUT2D eigenvalue weighted by molar-refractivity contribution is 5.77. The van der Waals surface area contributed by atoms with Crippen molar-refractivity contribution in [2.24, 2.45) is 22.9 Å². The van der Waals surface area contributed by atoms with Gasteiger partial charge in [0.1, 0.15) is 30.3 Å². The first kappa shape index (κ1) is 46.1. The maximum absolute atomic E-state index is 11.8. The molecule has 0 aromatic carbocycles. The number of rotatable bonds is 17. The second kappa shape index (κ2) is 22.5. The number of unbranched alkanes of at least 4 members (excludes halogenated alkanes) is 1. The number of nitrogens with two attached hydrogens (primary N) is 4. The molecule has 0 bridgehead atoms. The summed E-state index contributed by atoms with van der Waals surface area (Å²) < 4.78 is 15.7. The van der Waals surface area contributed by atoms with Crippen LogP contribution in [0.3, 0.4) is 0 Å². The number of aliphatic hydroxyl groups is 2. The molecule has 0 aromatic rings. The summed E-state index contributed by atoms with van der Waals surface area (Å²) in [5.41, 5.74) is 19.1. The van der Waals surface area contributed by atoms with Crippen LogP contribution in [0.25, 0.3) is 0 Å². The second-order valence-electron chi connectivity index (χ2n) is 10.6. The third-order valence-electron chi connectivity index (χ3n) is 6.16. The molecule has 22 heteroatoms. The summed E-state index contributed by atoms with van der Waals surface area (Å²) in [4.78, 5) is 74.6. The molecule has 1 unspecified atom stereocenters. The zero-order valence-electron chi connectivity index (χ0n) is 26.6. The predicted octanol–water partition coefficient (Wildman–Crippen LogP) is -4.09. The lowest BCUT2D eigenvalue weighted by molar-refractivity contribution is -0.272. The van der Waals surface area contributed by atoms with Gasteiger partial charge in [-0.05, 0) is 39.5 Å². The van der Waals surface area contributed by atoms with Crippen molar-refractivity contribution >= 4 is 41.7 Å². The highest BCUT2D eigenvalue weighted by atomic mass is 16.7. The van der Waals surface area contributed by atoms with Gasteiger partial charge >= 0.3 is 35.8 Å². The maximum atomic E-state index is 11.8. The van der Waals surface area contributed by atoms with Gasteiger partial charge in [0.2, 0.25) is 5.91 Å². The average Bonchev–Trinajstić information content (AvgIpc) is 2.96. The van der Waals surface area contributed by atoms with Crippen LogP contribution >= 0.6 is 0 Å².